The van der Waals surface area contributed by atoms with Crippen molar-refractivity contribution in [2.45, 2.75) is 83.1 Å². The number of nitrogens with zero attached hydrogens (tertiary/aromatic N) is 3. The van der Waals surface area contributed by atoms with E-state index in [2.05, 4.69) is 20.1 Å². The first-order valence-corrected chi connectivity index (χ1v) is 15.4. The molecule has 2 unspecified atom stereocenters. The molecule has 1 aromatic rings. The molecule has 1 aromatic carbocycles. The molecule has 1 spiro atoms. The first-order chi connectivity index (χ1) is 20.2. The van der Waals surface area contributed by atoms with Gasteiger partial charge in [0.05, 0.1) is 36.7 Å². The van der Waals surface area contributed by atoms with Crippen LogP contribution < -0.4 is 9.64 Å². The van der Waals surface area contributed by atoms with Gasteiger partial charge in [0.25, 0.3) is 0 Å². The van der Waals surface area contributed by atoms with E-state index in [1.165, 1.54) is 0 Å². The third-order valence-electron chi connectivity index (χ3n) is 9.27. The molecule has 3 aliphatic rings. The van der Waals surface area contributed by atoms with Crippen molar-refractivity contribution < 1.29 is 29.0 Å². The molecule has 0 aromatic heterocycles. The van der Waals surface area contributed by atoms with Crippen LogP contribution in [-0.4, -0.2) is 88.8 Å². The number of likely N-dealkylation sites (tertiary alicyclic amines) is 1. The topological polar surface area (TPSA) is 99.6 Å². The van der Waals surface area contributed by atoms with Crippen molar-refractivity contribution in [3.8, 4) is 5.75 Å². The van der Waals surface area contributed by atoms with Crippen molar-refractivity contribution in [3.63, 3.8) is 0 Å². The number of unbranched alkanes of at least 4 members (excludes halogenated alkanes) is 1. The lowest BCUT2D eigenvalue weighted by Gasteiger charge is -2.39. The molecule has 9 heteroatoms. The van der Waals surface area contributed by atoms with E-state index in [0.717, 1.165) is 12.8 Å². The van der Waals surface area contributed by atoms with E-state index in [9.17, 15) is 19.5 Å². The largest absolute Gasteiger partial charge is 0.494 e. The second-order valence-corrected chi connectivity index (χ2v) is 11.8. The highest BCUT2D eigenvalue weighted by Crippen LogP contribution is 2.64. The number of aliphatic hydroxyl groups is 1. The minimum Gasteiger partial charge on any atom is -0.494 e. The molecule has 4 rings (SSSR count). The number of hydrogen-bond donors (Lipinski definition) is 1. The average molecular weight is 582 g/mol. The molecule has 6 atom stereocenters. The Morgan fingerprint density at radius 2 is 1.83 bits per heavy atom. The molecule has 3 aliphatic heterocycles. The molecule has 3 saturated heterocycles. The number of benzene rings is 1. The van der Waals surface area contributed by atoms with Crippen LogP contribution in [0.1, 0.15) is 59.8 Å². The molecule has 2 bridgehead atoms. The summed E-state index contributed by atoms with van der Waals surface area (Å²) in [6, 6.07) is 5.79. The highest BCUT2D eigenvalue weighted by molar-refractivity contribution is 6.03. The Hall–Kier alpha value is -3.17. The Morgan fingerprint density at radius 1 is 1.14 bits per heavy atom. The SMILES string of the molecule is C=CCN(CCCC)C(=O)C1N([C@@H](CC)CO)C(=O)[C@@H]2[C@@H](C(=O)N(CC=C)c3ccc(OCC)cc3)[C@@]3(C)CCC12O3. The first kappa shape index (κ1) is 31.8. The maximum absolute atomic E-state index is 14.5. The van der Waals surface area contributed by atoms with Gasteiger partial charge in [0.15, 0.2) is 0 Å². The lowest BCUT2D eigenvalue weighted by molar-refractivity contribution is -0.154. The molecule has 230 valence electrons. The molecule has 3 heterocycles. The lowest BCUT2D eigenvalue weighted by atomic mass is 9.66. The summed E-state index contributed by atoms with van der Waals surface area (Å²) < 4.78 is 12.4. The molecule has 42 heavy (non-hydrogen) atoms. The zero-order valence-electron chi connectivity index (χ0n) is 25.6. The van der Waals surface area contributed by atoms with Gasteiger partial charge in [-0.05, 0) is 63.8 Å². The highest BCUT2D eigenvalue weighted by atomic mass is 16.5. The number of fused-ring (bicyclic) bond motifs is 1. The minimum atomic E-state index is -1.16. The summed E-state index contributed by atoms with van der Waals surface area (Å²) in [7, 11) is 0. The summed E-state index contributed by atoms with van der Waals surface area (Å²) in [6.07, 6.45) is 6.57. The Morgan fingerprint density at radius 3 is 2.40 bits per heavy atom. The molecule has 0 saturated carbocycles. The molecular formula is C33H47N3O6. The predicted molar refractivity (Wildman–Crippen MR) is 162 cm³/mol. The number of ether oxygens (including phenoxy) is 2. The van der Waals surface area contributed by atoms with Crippen LogP contribution in [-0.2, 0) is 19.1 Å². The van der Waals surface area contributed by atoms with Crippen molar-refractivity contribution in [2.75, 3.05) is 37.7 Å². The van der Waals surface area contributed by atoms with Gasteiger partial charge in [-0.1, -0.05) is 32.4 Å². The maximum Gasteiger partial charge on any atom is 0.248 e. The third kappa shape index (κ3) is 5.26. The van der Waals surface area contributed by atoms with Gasteiger partial charge in [0.1, 0.15) is 17.4 Å². The van der Waals surface area contributed by atoms with E-state index in [-0.39, 0.29) is 30.9 Å². The van der Waals surface area contributed by atoms with Gasteiger partial charge in [0.2, 0.25) is 17.7 Å². The molecule has 3 fully saturated rings. The van der Waals surface area contributed by atoms with E-state index in [0.29, 0.717) is 50.4 Å². The Balaban J connectivity index is 1.78. The van der Waals surface area contributed by atoms with Crippen LogP contribution in [0, 0.1) is 11.8 Å². The van der Waals surface area contributed by atoms with Crippen LogP contribution in [0.2, 0.25) is 0 Å². The van der Waals surface area contributed by atoms with Crippen molar-refractivity contribution in [1.82, 2.24) is 9.80 Å². The summed E-state index contributed by atoms with van der Waals surface area (Å²) in [6.45, 7) is 16.8. The monoisotopic (exact) mass is 581 g/mol. The second-order valence-electron chi connectivity index (χ2n) is 11.8. The van der Waals surface area contributed by atoms with Gasteiger partial charge in [-0.25, -0.2) is 0 Å². The summed E-state index contributed by atoms with van der Waals surface area (Å²) in [5, 5.41) is 10.3. The molecule has 0 aliphatic carbocycles. The standard InChI is InChI=1S/C33H47N3O6/c1-7-12-21-34(19-8-2)31(40)28-33-18-17-32(6,42-33)26(27(33)30(39)36(28)23(10-4)22-37)29(38)35(20-9-3)24-13-15-25(16-14-24)41-11-5/h8-9,13-16,23,26-28,37H,2-3,7,10-12,17-22H2,1,4-6H3/t23-,26-,27-,28?,32+,33?/m0/s1. The Kier molecular flexibility index (Phi) is 9.83. The number of carbonyl (C=O) groups excluding carboxylic acids is 3. The van der Waals surface area contributed by atoms with Crippen LogP contribution in [0.15, 0.2) is 49.6 Å². The Labute approximate surface area is 250 Å². The van der Waals surface area contributed by atoms with Gasteiger partial charge < -0.3 is 29.3 Å². The molecule has 1 N–H and O–H groups in total. The zero-order chi connectivity index (χ0) is 30.7. The van der Waals surface area contributed by atoms with Crippen LogP contribution in [0.3, 0.4) is 0 Å². The summed E-state index contributed by atoms with van der Waals surface area (Å²) >= 11 is 0. The van der Waals surface area contributed by atoms with Crippen molar-refractivity contribution in [1.29, 1.82) is 0 Å². The zero-order valence-corrected chi connectivity index (χ0v) is 25.6. The fraction of sp³-hybridized carbons (Fsp3) is 0.606. The molecule has 9 nitrogen and oxygen atoms in total. The molecular weight excluding hydrogens is 534 g/mol. The normalized spacial score (nSPS) is 28.4. The molecule has 3 amide bonds. The number of rotatable bonds is 15. The van der Waals surface area contributed by atoms with Crippen molar-refractivity contribution in [2.24, 2.45) is 11.8 Å². The fourth-order valence-corrected chi connectivity index (χ4v) is 7.30. The Bertz CT molecular complexity index is 1170. The van der Waals surface area contributed by atoms with Gasteiger partial charge in [-0.15, -0.1) is 13.2 Å². The van der Waals surface area contributed by atoms with Crippen molar-refractivity contribution in [3.05, 3.63) is 49.6 Å². The minimum absolute atomic E-state index is 0.210. The smallest absolute Gasteiger partial charge is 0.248 e. The average Bonchev–Trinajstić information content (AvgIpc) is 3.55. The maximum atomic E-state index is 14.5. The third-order valence-corrected chi connectivity index (χ3v) is 9.27. The quantitative estimate of drug-likeness (QED) is 0.315. The molecule has 0 radical (unpaired) electrons. The van der Waals surface area contributed by atoms with E-state index < -0.39 is 35.1 Å². The van der Waals surface area contributed by atoms with Crippen molar-refractivity contribution >= 4 is 23.4 Å². The number of aliphatic hydroxyl groups excluding tert-OH is 1. The number of amides is 3. The van der Waals surface area contributed by atoms with E-state index in [1.54, 1.807) is 26.9 Å². The summed E-state index contributed by atoms with van der Waals surface area (Å²) in [5.41, 5.74) is -1.41. The van der Waals surface area contributed by atoms with Gasteiger partial charge in [-0.3, -0.25) is 14.4 Å². The summed E-state index contributed by atoms with van der Waals surface area (Å²) in [4.78, 5) is 48.3. The van der Waals surface area contributed by atoms with Gasteiger partial charge in [0, 0.05) is 25.3 Å². The van der Waals surface area contributed by atoms with E-state index >= 15 is 0 Å². The number of carbonyl (C=O) groups is 3. The number of hydrogen-bond acceptors (Lipinski definition) is 6. The van der Waals surface area contributed by atoms with Crippen LogP contribution >= 0.6 is 0 Å². The van der Waals surface area contributed by atoms with Crippen LogP contribution in [0.4, 0.5) is 5.69 Å². The van der Waals surface area contributed by atoms with Crippen LogP contribution in [0.25, 0.3) is 0 Å². The van der Waals surface area contributed by atoms with E-state index in [1.807, 2.05) is 45.0 Å². The first-order valence-electron chi connectivity index (χ1n) is 15.4. The lowest BCUT2D eigenvalue weighted by Crippen LogP contribution is -2.58. The highest BCUT2D eigenvalue weighted by Gasteiger charge is 2.78. The second kappa shape index (κ2) is 13.0. The fourth-order valence-electron chi connectivity index (χ4n) is 7.30. The number of anilines is 1. The van der Waals surface area contributed by atoms with Crippen LogP contribution in [0.5, 0.6) is 5.75 Å². The van der Waals surface area contributed by atoms with Gasteiger partial charge >= 0.3 is 0 Å². The van der Waals surface area contributed by atoms with Gasteiger partial charge in [-0.2, -0.15) is 0 Å². The van der Waals surface area contributed by atoms with E-state index in [4.69, 9.17) is 9.47 Å². The summed E-state index contributed by atoms with van der Waals surface area (Å²) in [5.74, 6) is -1.68. The predicted octanol–water partition coefficient (Wildman–Crippen LogP) is 3.95.